The highest BCUT2D eigenvalue weighted by Gasteiger charge is 2.11. The summed E-state index contributed by atoms with van der Waals surface area (Å²) >= 11 is 3.28. The number of benzene rings is 1. The van der Waals surface area contributed by atoms with Gasteiger partial charge in [0.1, 0.15) is 0 Å². The van der Waals surface area contributed by atoms with Crippen LogP contribution in [0.4, 0.5) is 0 Å². The van der Waals surface area contributed by atoms with Crippen LogP contribution in [0.5, 0.6) is 0 Å². The van der Waals surface area contributed by atoms with Gasteiger partial charge in [0.2, 0.25) is 0 Å². The molecule has 0 fully saturated rings. The van der Waals surface area contributed by atoms with E-state index in [2.05, 4.69) is 15.9 Å². The quantitative estimate of drug-likeness (QED) is 0.589. The Morgan fingerprint density at radius 1 is 1.46 bits per heavy atom. The molecule has 0 unspecified atom stereocenters. The van der Waals surface area contributed by atoms with Gasteiger partial charge in [0, 0.05) is 15.6 Å². The molecule has 0 amide bonds. The fraction of sp³-hybridized carbons (Fsp3) is 0.200. The highest BCUT2D eigenvalue weighted by Crippen LogP contribution is 2.23. The van der Waals surface area contributed by atoms with Gasteiger partial charge in [-0.15, -0.1) is 0 Å². The van der Waals surface area contributed by atoms with Crippen molar-refractivity contribution in [2.45, 2.75) is 13.8 Å². The average molecular weight is 241 g/mol. The van der Waals surface area contributed by atoms with Crippen LogP contribution in [0.3, 0.4) is 0 Å². The molecule has 0 bridgehead atoms. The van der Waals surface area contributed by atoms with Crippen molar-refractivity contribution in [2.75, 3.05) is 0 Å². The molecule has 0 spiro atoms. The molecule has 1 rings (SSSR count). The van der Waals surface area contributed by atoms with E-state index < -0.39 is 0 Å². The van der Waals surface area contributed by atoms with E-state index in [1.54, 1.807) is 6.07 Å². The van der Waals surface area contributed by atoms with Crippen molar-refractivity contribution in [3.05, 3.63) is 33.3 Å². The summed E-state index contributed by atoms with van der Waals surface area (Å²) in [4.78, 5) is 21.8. The molecule has 0 aliphatic heterocycles. The number of aryl methyl sites for hydroxylation is 1. The number of carbonyl (C=O) groups is 2. The molecule has 1 aromatic rings. The number of carbonyl (C=O) groups excluding carboxylic acids is 2. The first-order chi connectivity index (χ1) is 6.07. The van der Waals surface area contributed by atoms with Crippen molar-refractivity contribution in [3.63, 3.8) is 0 Å². The minimum atomic E-state index is -0.0946. The van der Waals surface area contributed by atoms with Gasteiger partial charge in [0.05, 0.1) is 0 Å². The van der Waals surface area contributed by atoms with Crippen LogP contribution in [0, 0.1) is 6.92 Å². The van der Waals surface area contributed by atoms with Crippen molar-refractivity contribution in [2.24, 2.45) is 0 Å². The van der Waals surface area contributed by atoms with Crippen LogP contribution in [-0.4, -0.2) is 12.1 Å². The zero-order chi connectivity index (χ0) is 10.0. The molecule has 0 N–H and O–H groups in total. The SMILES string of the molecule is CC(=O)c1ccc(C)c(Br)c1C=O. The zero-order valence-corrected chi connectivity index (χ0v) is 9.01. The van der Waals surface area contributed by atoms with E-state index in [1.807, 2.05) is 13.0 Å². The van der Waals surface area contributed by atoms with Crippen LogP contribution in [0.2, 0.25) is 0 Å². The highest BCUT2D eigenvalue weighted by atomic mass is 79.9. The molecular weight excluding hydrogens is 232 g/mol. The molecule has 0 aromatic heterocycles. The molecule has 1 aromatic carbocycles. The van der Waals surface area contributed by atoms with Gasteiger partial charge in [0.15, 0.2) is 12.1 Å². The number of aldehydes is 1. The summed E-state index contributed by atoms with van der Waals surface area (Å²) in [6.45, 7) is 3.32. The summed E-state index contributed by atoms with van der Waals surface area (Å²) in [6.07, 6.45) is 0.702. The lowest BCUT2D eigenvalue weighted by molar-refractivity contribution is 0.100. The molecule has 0 aliphatic carbocycles. The van der Waals surface area contributed by atoms with Crippen molar-refractivity contribution >= 4 is 28.0 Å². The van der Waals surface area contributed by atoms with Gasteiger partial charge >= 0.3 is 0 Å². The van der Waals surface area contributed by atoms with Crippen LogP contribution in [0.25, 0.3) is 0 Å². The standard InChI is InChI=1S/C10H9BrO2/c1-6-3-4-8(7(2)13)9(5-12)10(6)11/h3-5H,1-2H3. The first kappa shape index (κ1) is 10.1. The van der Waals surface area contributed by atoms with Gasteiger partial charge in [-0.3, -0.25) is 9.59 Å². The summed E-state index contributed by atoms with van der Waals surface area (Å²) < 4.78 is 0.704. The average Bonchev–Trinajstić information content (AvgIpc) is 2.09. The number of hydrogen-bond acceptors (Lipinski definition) is 2. The minimum Gasteiger partial charge on any atom is -0.298 e. The lowest BCUT2D eigenvalue weighted by atomic mass is 10.0. The van der Waals surface area contributed by atoms with Gasteiger partial charge < -0.3 is 0 Å². The van der Waals surface area contributed by atoms with Gasteiger partial charge in [-0.05, 0) is 35.3 Å². The Kier molecular flexibility index (Phi) is 2.98. The molecule has 0 saturated carbocycles. The third-order valence-corrected chi connectivity index (χ3v) is 2.92. The molecule has 0 atom stereocenters. The first-order valence-corrected chi connectivity index (χ1v) is 4.62. The number of Topliss-reactive ketones (excluding diaryl/α,β-unsaturated/α-hetero) is 1. The number of halogens is 1. The molecule has 0 heterocycles. The van der Waals surface area contributed by atoms with Crippen LogP contribution in [0.15, 0.2) is 16.6 Å². The lowest BCUT2D eigenvalue weighted by Gasteiger charge is -2.05. The van der Waals surface area contributed by atoms with E-state index in [4.69, 9.17) is 0 Å². The maximum absolute atomic E-state index is 11.1. The molecule has 0 radical (unpaired) electrons. The Balaban J connectivity index is 3.47. The third kappa shape index (κ3) is 1.86. The topological polar surface area (TPSA) is 34.1 Å². The Morgan fingerprint density at radius 2 is 2.08 bits per heavy atom. The summed E-state index contributed by atoms with van der Waals surface area (Å²) in [7, 11) is 0. The van der Waals surface area contributed by atoms with E-state index in [-0.39, 0.29) is 5.78 Å². The summed E-state index contributed by atoms with van der Waals surface area (Å²) in [5.74, 6) is -0.0946. The number of ketones is 1. The predicted octanol–water partition coefficient (Wildman–Crippen LogP) is 2.77. The molecule has 0 saturated heterocycles. The summed E-state index contributed by atoms with van der Waals surface area (Å²) in [6, 6.07) is 3.49. The zero-order valence-electron chi connectivity index (χ0n) is 7.43. The molecule has 13 heavy (non-hydrogen) atoms. The van der Waals surface area contributed by atoms with Gasteiger partial charge in [-0.2, -0.15) is 0 Å². The normalized spacial score (nSPS) is 9.77. The van der Waals surface area contributed by atoms with Crippen molar-refractivity contribution in [1.29, 1.82) is 0 Å². The Morgan fingerprint density at radius 3 is 2.54 bits per heavy atom. The largest absolute Gasteiger partial charge is 0.298 e. The maximum atomic E-state index is 11.1. The Bertz CT molecular complexity index is 369. The number of hydrogen-bond donors (Lipinski definition) is 0. The summed E-state index contributed by atoms with van der Waals surface area (Å²) in [5, 5.41) is 0. The van der Waals surface area contributed by atoms with E-state index >= 15 is 0 Å². The summed E-state index contributed by atoms with van der Waals surface area (Å²) in [5.41, 5.74) is 1.85. The lowest BCUT2D eigenvalue weighted by Crippen LogP contribution is -2.00. The highest BCUT2D eigenvalue weighted by molar-refractivity contribution is 9.10. The second-order valence-electron chi connectivity index (χ2n) is 2.83. The van der Waals surface area contributed by atoms with Gasteiger partial charge in [0.25, 0.3) is 0 Å². The van der Waals surface area contributed by atoms with Crippen LogP contribution in [-0.2, 0) is 0 Å². The minimum absolute atomic E-state index is 0.0946. The third-order valence-electron chi connectivity index (χ3n) is 1.87. The molecule has 68 valence electrons. The fourth-order valence-corrected chi connectivity index (χ4v) is 1.56. The van der Waals surface area contributed by atoms with E-state index in [0.717, 1.165) is 5.56 Å². The van der Waals surface area contributed by atoms with Gasteiger partial charge in [-0.25, -0.2) is 0 Å². The Hall–Kier alpha value is -0.960. The number of rotatable bonds is 2. The monoisotopic (exact) mass is 240 g/mol. The van der Waals surface area contributed by atoms with Crippen LogP contribution >= 0.6 is 15.9 Å². The van der Waals surface area contributed by atoms with Gasteiger partial charge in [-0.1, -0.05) is 12.1 Å². The van der Waals surface area contributed by atoms with Crippen molar-refractivity contribution in [1.82, 2.24) is 0 Å². The predicted molar refractivity (Wildman–Crippen MR) is 54.3 cm³/mol. The fourth-order valence-electron chi connectivity index (χ4n) is 1.12. The molecule has 0 aliphatic rings. The maximum Gasteiger partial charge on any atom is 0.160 e. The first-order valence-electron chi connectivity index (χ1n) is 3.83. The molecule has 3 heteroatoms. The van der Waals surface area contributed by atoms with Crippen LogP contribution < -0.4 is 0 Å². The Labute approximate surface area is 85.1 Å². The second kappa shape index (κ2) is 3.83. The van der Waals surface area contributed by atoms with Crippen LogP contribution in [0.1, 0.15) is 33.2 Å². The van der Waals surface area contributed by atoms with E-state index in [9.17, 15) is 9.59 Å². The van der Waals surface area contributed by atoms with E-state index in [1.165, 1.54) is 6.92 Å². The van der Waals surface area contributed by atoms with Crippen molar-refractivity contribution in [3.8, 4) is 0 Å². The smallest absolute Gasteiger partial charge is 0.160 e. The second-order valence-corrected chi connectivity index (χ2v) is 3.62. The molecular formula is C10H9BrO2. The van der Waals surface area contributed by atoms with E-state index in [0.29, 0.717) is 21.9 Å². The van der Waals surface area contributed by atoms with Crippen molar-refractivity contribution < 1.29 is 9.59 Å². The molecule has 2 nitrogen and oxygen atoms in total.